The van der Waals surface area contributed by atoms with Gasteiger partial charge in [0.05, 0.1) is 5.56 Å². The van der Waals surface area contributed by atoms with Crippen LogP contribution in [0.4, 0.5) is 4.79 Å². The summed E-state index contributed by atoms with van der Waals surface area (Å²) in [5.41, 5.74) is 9.49. The number of nitrogens with one attached hydrogen (secondary N) is 3. The predicted octanol–water partition coefficient (Wildman–Crippen LogP) is 5.97. The Bertz CT molecular complexity index is 1420. The van der Waals surface area contributed by atoms with Gasteiger partial charge < -0.3 is 31.7 Å². The Kier molecular flexibility index (Phi) is 7.75. The summed E-state index contributed by atoms with van der Waals surface area (Å²) in [7, 11) is 4.08. The number of rotatable bonds is 7. The molecular weight excluding hydrogens is 586 g/mol. The fraction of sp³-hybridized carbons (Fsp3) is 0.795. The van der Waals surface area contributed by atoms with Gasteiger partial charge in [0.2, 0.25) is 0 Å². The Morgan fingerprint density at radius 2 is 1.68 bits per heavy atom. The highest BCUT2D eigenvalue weighted by atomic mass is 16.4. The number of hydrogen-bond donors (Lipinski definition) is 5. The monoisotopic (exact) mass is 647 g/mol. The number of carbonyl (C=O) groups excluding carboxylic acids is 1. The number of likely N-dealkylation sites (N-methyl/N-ethyl adjacent to an activating group) is 1. The van der Waals surface area contributed by atoms with Gasteiger partial charge in [0.15, 0.2) is 0 Å². The molecule has 5 aliphatic carbocycles. The molecule has 1 aromatic carbocycles. The minimum atomic E-state index is -0.866. The molecule has 5 saturated carbocycles. The first-order valence-electron chi connectivity index (χ1n) is 18.7. The number of urea groups is 1. The quantitative estimate of drug-likeness (QED) is 0.232. The summed E-state index contributed by atoms with van der Waals surface area (Å²) >= 11 is 0. The van der Waals surface area contributed by atoms with E-state index in [0.29, 0.717) is 47.6 Å². The second-order valence-corrected chi connectivity index (χ2v) is 18.2. The zero-order valence-corrected chi connectivity index (χ0v) is 30.0. The average molecular weight is 648 g/mol. The van der Waals surface area contributed by atoms with Gasteiger partial charge in [-0.2, -0.15) is 0 Å². The van der Waals surface area contributed by atoms with Gasteiger partial charge in [0, 0.05) is 41.2 Å². The molecule has 8 nitrogen and oxygen atoms in total. The number of aromatic carboxylic acids is 1. The van der Waals surface area contributed by atoms with Crippen LogP contribution in [0.25, 0.3) is 0 Å². The first-order chi connectivity index (χ1) is 22.1. The van der Waals surface area contributed by atoms with E-state index in [1.165, 1.54) is 24.8 Å². The Balaban J connectivity index is 1.16. The van der Waals surface area contributed by atoms with E-state index >= 15 is 0 Å². The van der Waals surface area contributed by atoms with E-state index in [9.17, 15) is 14.7 Å². The summed E-state index contributed by atoms with van der Waals surface area (Å²) in [5, 5.41) is 20.4. The molecule has 1 aromatic rings. The van der Waals surface area contributed by atoms with Crippen LogP contribution in [0.15, 0.2) is 24.3 Å². The van der Waals surface area contributed by atoms with Gasteiger partial charge in [0.25, 0.3) is 0 Å². The Hall–Kier alpha value is -2.16. The molecule has 0 bridgehead atoms. The van der Waals surface area contributed by atoms with Crippen LogP contribution in [-0.2, 0) is 0 Å². The summed E-state index contributed by atoms with van der Waals surface area (Å²) in [6.45, 7) is 13.9. The van der Waals surface area contributed by atoms with Crippen molar-refractivity contribution in [1.29, 1.82) is 0 Å². The van der Waals surface area contributed by atoms with Crippen molar-refractivity contribution in [3.05, 3.63) is 35.4 Å². The summed E-state index contributed by atoms with van der Waals surface area (Å²) in [6.07, 6.45) is 11.1. The van der Waals surface area contributed by atoms with Gasteiger partial charge in [-0.05, 0) is 143 Å². The lowest BCUT2D eigenvalue weighted by Crippen LogP contribution is -2.76. The number of hydrogen-bond acceptors (Lipinski definition) is 5. The molecule has 1 saturated heterocycles. The highest BCUT2D eigenvalue weighted by molar-refractivity contribution is 5.87. The van der Waals surface area contributed by atoms with Crippen LogP contribution >= 0.6 is 0 Å². The molecule has 8 heteroatoms. The summed E-state index contributed by atoms with van der Waals surface area (Å²) < 4.78 is 0. The number of fused-ring (bicyclic) bond motifs is 6. The lowest BCUT2D eigenvalue weighted by atomic mass is 9.35. The molecule has 6 aliphatic rings. The van der Waals surface area contributed by atoms with Crippen molar-refractivity contribution in [2.24, 2.45) is 46.2 Å². The zero-order valence-electron chi connectivity index (χ0n) is 30.0. The second-order valence-electron chi connectivity index (χ2n) is 18.2. The molecule has 1 spiro atoms. The second kappa shape index (κ2) is 10.9. The molecule has 47 heavy (non-hydrogen) atoms. The fourth-order valence-electron chi connectivity index (χ4n) is 13.6. The van der Waals surface area contributed by atoms with Gasteiger partial charge in [-0.15, -0.1) is 0 Å². The van der Waals surface area contributed by atoms with Gasteiger partial charge in [-0.3, -0.25) is 0 Å². The highest BCUT2D eigenvalue weighted by Crippen LogP contribution is 2.78. The molecule has 0 aromatic heterocycles. The van der Waals surface area contributed by atoms with Crippen LogP contribution in [0.1, 0.15) is 121 Å². The number of carboxylic acids is 1. The molecule has 2 unspecified atom stereocenters. The molecule has 6 N–H and O–H groups in total. The van der Waals surface area contributed by atoms with Gasteiger partial charge in [-0.1, -0.05) is 39.8 Å². The zero-order chi connectivity index (χ0) is 33.8. The smallest absolute Gasteiger partial charge is 0.335 e. The van der Waals surface area contributed by atoms with Crippen molar-refractivity contribution in [2.75, 3.05) is 27.2 Å². The molecule has 1 heterocycles. The van der Waals surface area contributed by atoms with Crippen LogP contribution in [0.5, 0.6) is 0 Å². The van der Waals surface area contributed by atoms with Crippen LogP contribution in [-0.4, -0.2) is 71.3 Å². The normalized spacial score (nSPS) is 46.5. The Morgan fingerprint density at radius 1 is 0.957 bits per heavy atom. The maximum atomic E-state index is 13.4. The van der Waals surface area contributed by atoms with E-state index in [1.54, 1.807) is 12.1 Å². The van der Waals surface area contributed by atoms with Crippen LogP contribution in [0, 0.1) is 40.4 Å². The number of carbonyl (C=O) groups is 2. The molecule has 6 fully saturated rings. The first kappa shape index (κ1) is 33.3. The summed E-state index contributed by atoms with van der Waals surface area (Å²) in [4.78, 5) is 27.0. The third kappa shape index (κ3) is 4.48. The lowest BCUT2D eigenvalue weighted by molar-refractivity contribution is -0.178. The standard InChI is InChI=1S/C39H61N5O3/c1-24(2)27-14-17-37(42-33(47)41-22-23-44(6)7)19-20-38(40)29(31(27)37)12-13-30-34(38,3)18-21-39-35(30,4)16-15-28(36(39,5)43-39)25-8-10-26(11-9-25)32(45)46/h8-11,24,27-31,43H,12-23,40H2,1-7H3,(H,45,46)(H2,41,42,47)/t27-,28-,29+,30-,31+,34+,35+,36?,37?,38-,39-/m0/s1. The maximum Gasteiger partial charge on any atom is 0.335 e. The lowest BCUT2D eigenvalue weighted by Gasteiger charge is -2.71. The number of benzene rings is 1. The van der Waals surface area contributed by atoms with Gasteiger partial charge in [0.1, 0.15) is 0 Å². The minimum Gasteiger partial charge on any atom is -0.478 e. The van der Waals surface area contributed by atoms with E-state index in [1.807, 2.05) is 14.1 Å². The van der Waals surface area contributed by atoms with E-state index in [-0.39, 0.29) is 39.0 Å². The fourth-order valence-corrected chi connectivity index (χ4v) is 13.6. The molecule has 2 amide bonds. The van der Waals surface area contributed by atoms with Crippen molar-refractivity contribution in [1.82, 2.24) is 20.9 Å². The number of nitrogens with two attached hydrogens (primary N) is 1. The first-order valence-corrected chi connectivity index (χ1v) is 18.7. The molecule has 11 atom stereocenters. The third-order valence-electron chi connectivity index (χ3n) is 16.0. The molecule has 7 rings (SSSR count). The van der Waals surface area contributed by atoms with Crippen LogP contribution in [0.2, 0.25) is 0 Å². The van der Waals surface area contributed by atoms with Gasteiger partial charge >= 0.3 is 12.0 Å². The summed E-state index contributed by atoms with van der Waals surface area (Å²) in [6, 6.07) is 7.66. The van der Waals surface area contributed by atoms with E-state index < -0.39 is 5.97 Å². The van der Waals surface area contributed by atoms with Crippen molar-refractivity contribution < 1.29 is 14.7 Å². The van der Waals surface area contributed by atoms with Crippen molar-refractivity contribution >= 4 is 12.0 Å². The minimum absolute atomic E-state index is 0.00442. The molecule has 1 aliphatic heterocycles. The number of nitrogens with zero attached hydrogens (tertiary/aromatic N) is 1. The SMILES string of the molecule is CC(C)[C@@H]1CCC2(NC(=O)NCCN(C)C)CC[C@]3(N)[C@H](CC[C@H]4[C@@]3(C)CC[C@@]35NC3(C)[C@H](c3ccc(C(=O)O)cc3)CC[C@]45C)[C@@H]12. The van der Waals surface area contributed by atoms with E-state index in [0.717, 1.165) is 51.5 Å². The topological polar surface area (TPSA) is 130 Å². The van der Waals surface area contributed by atoms with Gasteiger partial charge in [-0.25, -0.2) is 9.59 Å². The van der Waals surface area contributed by atoms with E-state index in [4.69, 9.17) is 5.73 Å². The Labute approximate surface area is 282 Å². The maximum absolute atomic E-state index is 13.4. The van der Waals surface area contributed by atoms with E-state index in [2.05, 4.69) is 67.6 Å². The van der Waals surface area contributed by atoms with Crippen molar-refractivity contribution in [3.8, 4) is 0 Å². The number of amides is 2. The van der Waals surface area contributed by atoms with Crippen molar-refractivity contribution in [2.45, 2.75) is 127 Å². The Morgan fingerprint density at radius 3 is 2.34 bits per heavy atom. The largest absolute Gasteiger partial charge is 0.478 e. The van der Waals surface area contributed by atoms with Crippen LogP contribution in [0.3, 0.4) is 0 Å². The van der Waals surface area contributed by atoms with Crippen molar-refractivity contribution in [3.63, 3.8) is 0 Å². The highest BCUT2D eigenvalue weighted by Gasteiger charge is 2.82. The molecule has 0 radical (unpaired) electrons. The molecule has 260 valence electrons. The molecular formula is C39H61N5O3. The predicted molar refractivity (Wildman–Crippen MR) is 186 cm³/mol. The summed E-state index contributed by atoms with van der Waals surface area (Å²) in [5.74, 6) is 2.02. The van der Waals surface area contributed by atoms with Crippen LogP contribution < -0.4 is 21.7 Å². The number of carboxylic acid groups (broad SMARTS) is 1. The third-order valence-corrected chi connectivity index (χ3v) is 16.0. The average Bonchev–Trinajstić information content (AvgIpc) is 3.48.